The minimum Gasteiger partial charge on any atom is -0.465 e. The number of halogens is 1. The van der Waals surface area contributed by atoms with Crippen LogP contribution in [-0.4, -0.2) is 36.0 Å². The molecule has 1 N–H and O–H groups in total. The quantitative estimate of drug-likeness (QED) is 0.536. The molecule has 6 nitrogen and oxygen atoms in total. The topological polar surface area (TPSA) is 87.6 Å². The van der Waals surface area contributed by atoms with Crippen LogP contribution in [0.1, 0.15) is 25.6 Å². The normalized spacial score (nSPS) is 12.0. The first-order valence-electron chi connectivity index (χ1n) is 9.49. The van der Waals surface area contributed by atoms with Crippen LogP contribution in [0.15, 0.2) is 64.6 Å². The molecule has 164 valence electrons. The number of sulfone groups is 1. The Morgan fingerprint density at radius 1 is 1.19 bits per heavy atom. The summed E-state index contributed by atoms with van der Waals surface area (Å²) in [5.41, 5.74) is -0.131. The highest BCUT2D eigenvalue weighted by Gasteiger charge is 2.28. The van der Waals surface area contributed by atoms with Gasteiger partial charge in [-0.3, -0.25) is 4.98 Å². The highest BCUT2D eigenvalue weighted by atomic mass is 32.2. The summed E-state index contributed by atoms with van der Waals surface area (Å²) in [4.78, 5) is 17.5. The van der Waals surface area contributed by atoms with E-state index < -0.39 is 21.7 Å². The molecule has 31 heavy (non-hydrogen) atoms. The lowest BCUT2D eigenvalue weighted by Gasteiger charge is -2.27. The molecule has 0 saturated heterocycles. The third kappa shape index (κ3) is 5.29. The second-order valence-electron chi connectivity index (χ2n) is 8.28. The van der Waals surface area contributed by atoms with Gasteiger partial charge in [0.05, 0.1) is 21.2 Å². The summed E-state index contributed by atoms with van der Waals surface area (Å²) in [6, 6.07) is 10.3. The minimum absolute atomic E-state index is 0.00127. The molecule has 0 atom stereocenters. The molecule has 9 heteroatoms. The number of pyridine rings is 1. The SMILES string of the molecule is CC(C)(C)CN(Cc1cc(S(=O)(=O)c2cccnc2)c(-c2ccccc2F)s1)C(=O)O. The molecule has 0 fully saturated rings. The van der Waals surface area contributed by atoms with E-state index >= 15 is 0 Å². The van der Waals surface area contributed by atoms with Crippen LogP contribution in [0, 0.1) is 11.2 Å². The van der Waals surface area contributed by atoms with Gasteiger partial charge < -0.3 is 10.0 Å². The van der Waals surface area contributed by atoms with Crippen LogP contribution in [-0.2, 0) is 16.4 Å². The van der Waals surface area contributed by atoms with E-state index in [2.05, 4.69) is 4.98 Å². The van der Waals surface area contributed by atoms with Gasteiger partial charge in [0.25, 0.3) is 0 Å². The molecule has 2 aromatic heterocycles. The third-order valence-corrected chi connectivity index (χ3v) is 7.43. The van der Waals surface area contributed by atoms with E-state index in [1.165, 1.54) is 53.7 Å². The van der Waals surface area contributed by atoms with E-state index in [0.29, 0.717) is 4.88 Å². The number of hydrogen-bond donors (Lipinski definition) is 1. The van der Waals surface area contributed by atoms with Gasteiger partial charge in [0, 0.05) is 29.4 Å². The van der Waals surface area contributed by atoms with Gasteiger partial charge in [-0.15, -0.1) is 11.3 Å². The van der Waals surface area contributed by atoms with Crippen molar-refractivity contribution in [1.29, 1.82) is 0 Å². The summed E-state index contributed by atoms with van der Waals surface area (Å²) >= 11 is 1.08. The molecule has 0 bridgehead atoms. The van der Waals surface area contributed by atoms with Crippen LogP contribution in [0.4, 0.5) is 9.18 Å². The van der Waals surface area contributed by atoms with Crippen molar-refractivity contribution in [1.82, 2.24) is 9.88 Å². The largest absolute Gasteiger partial charge is 0.465 e. The molecule has 0 aliphatic carbocycles. The fraction of sp³-hybridized carbons (Fsp3) is 0.273. The summed E-state index contributed by atoms with van der Waals surface area (Å²) in [5.74, 6) is -0.552. The number of thiophene rings is 1. The lowest BCUT2D eigenvalue weighted by molar-refractivity contribution is 0.123. The first-order valence-corrected chi connectivity index (χ1v) is 11.8. The second kappa shape index (κ2) is 8.76. The molecule has 0 spiro atoms. The van der Waals surface area contributed by atoms with Crippen molar-refractivity contribution in [2.75, 3.05) is 6.54 Å². The molecule has 3 aromatic rings. The monoisotopic (exact) mass is 462 g/mol. The van der Waals surface area contributed by atoms with E-state index in [1.54, 1.807) is 6.07 Å². The van der Waals surface area contributed by atoms with Gasteiger partial charge in [0.2, 0.25) is 9.84 Å². The summed E-state index contributed by atoms with van der Waals surface area (Å²) in [6.07, 6.45) is 1.60. The van der Waals surface area contributed by atoms with E-state index in [4.69, 9.17) is 0 Å². The van der Waals surface area contributed by atoms with Crippen molar-refractivity contribution >= 4 is 27.3 Å². The molecule has 0 aliphatic rings. The van der Waals surface area contributed by atoms with Gasteiger partial charge in [-0.1, -0.05) is 39.0 Å². The van der Waals surface area contributed by atoms with Crippen molar-refractivity contribution < 1.29 is 22.7 Å². The number of aromatic nitrogens is 1. The Kier molecular flexibility index (Phi) is 6.47. The number of hydrogen-bond acceptors (Lipinski definition) is 5. The molecular weight excluding hydrogens is 439 g/mol. The minimum atomic E-state index is -3.99. The Labute approximate surface area is 184 Å². The van der Waals surface area contributed by atoms with Crippen molar-refractivity contribution in [3.05, 3.63) is 65.6 Å². The fourth-order valence-corrected chi connectivity index (χ4v) is 6.10. The standard InChI is InChI=1S/C22H23FN2O4S2/c1-22(2,3)14-25(21(26)27)13-15-11-19(31(28,29)16-7-6-10-24-12-16)20(30-15)17-8-4-5-9-18(17)23/h4-12H,13-14H2,1-3H3,(H,26,27). The molecule has 0 unspecified atom stereocenters. The van der Waals surface area contributed by atoms with Gasteiger partial charge >= 0.3 is 6.09 Å². The Morgan fingerprint density at radius 2 is 1.90 bits per heavy atom. The Balaban J connectivity index is 2.13. The third-order valence-electron chi connectivity index (χ3n) is 4.38. The summed E-state index contributed by atoms with van der Waals surface area (Å²) in [5, 5.41) is 9.62. The molecule has 0 saturated carbocycles. The van der Waals surface area contributed by atoms with Crippen LogP contribution in [0.2, 0.25) is 0 Å². The maximum Gasteiger partial charge on any atom is 0.407 e. The van der Waals surface area contributed by atoms with Gasteiger partial charge in [0.15, 0.2) is 0 Å². The number of amides is 1. The number of rotatable bonds is 6. The number of carbonyl (C=O) groups is 1. The summed E-state index contributed by atoms with van der Waals surface area (Å²) in [7, 11) is -3.99. The van der Waals surface area contributed by atoms with Gasteiger partial charge in [-0.05, 0) is 29.7 Å². The second-order valence-corrected chi connectivity index (χ2v) is 11.3. The summed E-state index contributed by atoms with van der Waals surface area (Å²) < 4.78 is 41.2. The van der Waals surface area contributed by atoms with Gasteiger partial charge in [0.1, 0.15) is 5.82 Å². The molecule has 1 amide bonds. The number of nitrogens with zero attached hydrogens (tertiary/aromatic N) is 2. The van der Waals surface area contributed by atoms with Crippen LogP contribution in [0.5, 0.6) is 0 Å². The van der Waals surface area contributed by atoms with Crippen LogP contribution in [0.3, 0.4) is 0 Å². The average molecular weight is 463 g/mol. The first kappa shape index (κ1) is 22.9. The van der Waals surface area contributed by atoms with Crippen LogP contribution < -0.4 is 0 Å². The average Bonchev–Trinajstić information content (AvgIpc) is 3.12. The molecule has 0 radical (unpaired) electrons. The number of benzene rings is 1. The Hall–Kier alpha value is -2.78. The lowest BCUT2D eigenvalue weighted by Crippen LogP contribution is -2.36. The van der Waals surface area contributed by atoms with Gasteiger partial charge in [-0.25, -0.2) is 17.6 Å². The zero-order valence-electron chi connectivity index (χ0n) is 17.4. The van der Waals surface area contributed by atoms with E-state index in [1.807, 2.05) is 20.8 Å². The van der Waals surface area contributed by atoms with E-state index in [-0.39, 0.29) is 38.7 Å². The molecule has 1 aromatic carbocycles. The first-order chi connectivity index (χ1) is 14.5. The lowest BCUT2D eigenvalue weighted by atomic mass is 9.96. The van der Waals surface area contributed by atoms with Gasteiger partial charge in [-0.2, -0.15) is 0 Å². The fourth-order valence-electron chi connectivity index (χ4n) is 3.12. The predicted molar refractivity (Wildman–Crippen MR) is 117 cm³/mol. The van der Waals surface area contributed by atoms with E-state index in [9.17, 15) is 22.7 Å². The number of carboxylic acid groups (broad SMARTS) is 1. The summed E-state index contributed by atoms with van der Waals surface area (Å²) in [6.45, 7) is 6.02. The molecule has 3 rings (SSSR count). The van der Waals surface area contributed by atoms with Crippen molar-refractivity contribution in [2.45, 2.75) is 37.1 Å². The zero-order valence-corrected chi connectivity index (χ0v) is 19.0. The zero-order chi connectivity index (χ0) is 22.8. The maximum atomic E-state index is 14.6. The van der Waals surface area contributed by atoms with Crippen molar-refractivity contribution in [2.24, 2.45) is 5.41 Å². The van der Waals surface area contributed by atoms with E-state index in [0.717, 1.165) is 11.3 Å². The highest BCUT2D eigenvalue weighted by Crippen LogP contribution is 2.40. The molecule has 0 aliphatic heterocycles. The van der Waals surface area contributed by atoms with Crippen LogP contribution >= 0.6 is 11.3 Å². The highest BCUT2D eigenvalue weighted by molar-refractivity contribution is 7.91. The molecular formula is C22H23FN2O4S2. The smallest absolute Gasteiger partial charge is 0.407 e. The van der Waals surface area contributed by atoms with Crippen molar-refractivity contribution in [3.8, 4) is 10.4 Å². The maximum absolute atomic E-state index is 14.6. The predicted octanol–water partition coefficient (Wildman–Crippen LogP) is 5.31. The van der Waals surface area contributed by atoms with Crippen molar-refractivity contribution in [3.63, 3.8) is 0 Å². The molecule has 2 heterocycles. The Bertz CT molecular complexity index is 1190. The van der Waals surface area contributed by atoms with Crippen LogP contribution in [0.25, 0.3) is 10.4 Å². The Morgan fingerprint density at radius 3 is 2.48 bits per heavy atom.